The molecule has 142 valence electrons. The van der Waals surface area contributed by atoms with Crippen molar-refractivity contribution >= 4 is 0 Å². The van der Waals surface area contributed by atoms with Crippen molar-refractivity contribution in [3.63, 3.8) is 0 Å². The standard InChI is InChI=1S/C20H28N2O4/c1-15(2)26-18-7-5-16(11-19(18)24-4)12-21-13-17-6-8-20(22-14-17)25-10-9-23-3/h5-8,11,14-15,21H,9-10,12-13H2,1-4H3. The van der Waals surface area contributed by atoms with Crippen LogP contribution in [0.1, 0.15) is 25.0 Å². The molecule has 0 bridgehead atoms. The smallest absolute Gasteiger partial charge is 0.213 e. The third-order valence-corrected chi connectivity index (χ3v) is 3.58. The van der Waals surface area contributed by atoms with Gasteiger partial charge in [-0.05, 0) is 37.1 Å². The van der Waals surface area contributed by atoms with E-state index in [4.69, 9.17) is 18.9 Å². The number of ether oxygens (including phenoxy) is 4. The molecule has 0 radical (unpaired) electrons. The minimum absolute atomic E-state index is 0.113. The van der Waals surface area contributed by atoms with Gasteiger partial charge in [-0.1, -0.05) is 12.1 Å². The molecule has 0 aliphatic heterocycles. The number of pyridine rings is 1. The van der Waals surface area contributed by atoms with E-state index in [-0.39, 0.29) is 6.10 Å². The van der Waals surface area contributed by atoms with E-state index in [0.717, 1.165) is 35.7 Å². The van der Waals surface area contributed by atoms with Crippen molar-refractivity contribution in [2.75, 3.05) is 27.4 Å². The lowest BCUT2D eigenvalue weighted by Crippen LogP contribution is -2.13. The Labute approximate surface area is 155 Å². The summed E-state index contributed by atoms with van der Waals surface area (Å²) in [7, 11) is 3.30. The molecule has 0 amide bonds. The molecule has 1 heterocycles. The Kier molecular flexibility index (Phi) is 8.18. The molecular formula is C20H28N2O4. The second-order valence-corrected chi connectivity index (χ2v) is 6.10. The molecule has 0 aliphatic rings. The average Bonchev–Trinajstić information content (AvgIpc) is 2.64. The number of methoxy groups -OCH3 is 2. The number of hydrogen-bond donors (Lipinski definition) is 1. The monoisotopic (exact) mass is 360 g/mol. The molecule has 1 N–H and O–H groups in total. The molecule has 0 fully saturated rings. The Morgan fingerprint density at radius 3 is 2.38 bits per heavy atom. The fraction of sp³-hybridized carbons (Fsp3) is 0.450. The van der Waals surface area contributed by atoms with Gasteiger partial charge in [0.05, 0.1) is 19.8 Å². The average molecular weight is 360 g/mol. The van der Waals surface area contributed by atoms with Crippen molar-refractivity contribution in [1.29, 1.82) is 0 Å². The lowest BCUT2D eigenvalue weighted by atomic mass is 10.2. The Hall–Kier alpha value is -2.31. The molecule has 6 heteroatoms. The lowest BCUT2D eigenvalue weighted by Gasteiger charge is -2.14. The number of nitrogens with zero attached hydrogens (tertiary/aromatic N) is 1. The second-order valence-electron chi connectivity index (χ2n) is 6.10. The first-order valence-electron chi connectivity index (χ1n) is 8.73. The molecule has 0 atom stereocenters. The van der Waals surface area contributed by atoms with Gasteiger partial charge in [0, 0.05) is 32.5 Å². The molecular weight excluding hydrogens is 332 g/mol. The first-order valence-corrected chi connectivity index (χ1v) is 8.73. The summed E-state index contributed by atoms with van der Waals surface area (Å²) in [5.74, 6) is 2.12. The molecule has 0 saturated heterocycles. The van der Waals surface area contributed by atoms with E-state index in [2.05, 4.69) is 10.3 Å². The summed E-state index contributed by atoms with van der Waals surface area (Å²) in [6.07, 6.45) is 1.93. The van der Waals surface area contributed by atoms with Gasteiger partial charge in [-0.15, -0.1) is 0 Å². The number of hydrogen-bond acceptors (Lipinski definition) is 6. The third kappa shape index (κ3) is 6.54. The maximum atomic E-state index is 5.74. The minimum atomic E-state index is 0.113. The topological polar surface area (TPSA) is 61.8 Å². The molecule has 1 aromatic carbocycles. The molecule has 0 saturated carbocycles. The first-order chi connectivity index (χ1) is 12.6. The summed E-state index contributed by atoms with van der Waals surface area (Å²) in [6.45, 7) is 6.49. The predicted octanol–water partition coefficient (Wildman–Crippen LogP) is 3.19. The fourth-order valence-corrected chi connectivity index (χ4v) is 2.35. The summed E-state index contributed by atoms with van der Waals surface area (Å²) < 4.78 is 21.6. The molecule has 2 rings (SSSR count). The second kappa shape index (κ2) is 10.6. The van der Waals surface area contributed by atoms with Crippen molar-refractivity contribution in [3.05, 3.63) is 47.7 Å². The van der Waals surface area contributed by atoms with Crippen LogP contribution in [0.3, 0.4) is 0 Å². The zero-order valence-electron chi connectivity index (χ0n) is 16.0. The molecule has 6 nitrogen and oxygen atoms in total. The third-order valence-electron chi connectivity index (χ3n) is 3.58. The Morgan fingerprint density at radius 1 is 0.962 bits per heavy atom. The minimum Gasteiger partial charge on any atom is -0.493 e. The van der Waals surface area contributed by atoms with Crippen LogP contribution in [0.5, 0.6) is 17.4 Å². The van der Waals surface area contributed by atoms with Crippen molar-refractivity contribution in [2.24, 2.45) is 0 Å². The van der Waals surface area contributed by atoms with Gasteiger partial charge in [0.15, 0.2) is 11.5 Å². The molecule has 0 unspecified atom stereocenters. The summed E-state index contributed by atoms with van der Waals surface area (Å²) in [4.78, 5) is 4.29. The normalized spacial score (nSPS) is 10.8. The van der Waals surface area contributed by atoms with E-state index in [1.54, 1.807) is 14.2 Å². The zero-order chi connectivity index (χ0) is 18.8. The fourth-order valence-electron chi connectivity index (χ4n) is 2.35. The van der Waals surface area contributed by atoms with E-state index in [1.807, 2.05) is 50.4 Å². The van der Waals surface area contributed by atoms with Crippen molar-refractivity contribution in [2.45, 2.75) is 33.0 Å². The van der Waals surface area contributed by atoms with Gasteiger partial charge in [0.2, 0.25) is 5.88 Å². The van der Waals surface area contributed by atoms with Crippen LogP contribution in [-0.4, -0.2) is 38.5 Å². The van der Waals surface area contributed by atoms with Crippen molar-refractivity contribution < 1.29 is 18.9 Å². The van der Waals surface area contributed by atoms with Crippen LogP contribution >= 0.6 is 0 Å². The van der Waals surface area contributed by atoms with Gasteiger partial charge in [0.25, 0.3) is 0 Å². The van der Waals surface area contributed by atoms with E-state index >= 15 is 0 Å². The summed E-state index contributed by atoms with van der Waals surface area (Å²) in [5.41, 5.74) is 2.22. The highest BCUT2D eigenvalue weighted by atomic mass is 16.5. The van der Waals surface area contributed by atoms with Gasteiger partial charge in [0.1, 0.15) is 6.61 Å². The van der Waals surface area contributed by atoms with Crippen LogP contribution < -0.4 is 19.5 Å². The molecule has 0 spiro atoms. The van der Waals surface area contributed by atoms with Gasteiger partial charge in [-0.25, -0.2) is 4.98 Å². The van der Waals surface area contributed by atoms with Gasteiger partial charge in [-0.3, -0.25) is 0 Å². The van der Waals surface area contributed by atoms with E-state index in [9.17, 15) is 0 Å². The van der Waals surface area contributed by atoms with Gasteiger partial charge >= 0.3 is 0 Å². The number of nitrogens with one attached hydrogen (secondary N) is 1. The lowest BCUT2D eigenvalue weighted by molar-refractivity contribution is 0.143. The largest absolute Gasteiger partial charge is 0.493 e. The highest BCUT2D eigenvalue weighted by Gasteiger charge is 2.07. The highest BCUT2D eigenvalue weighted by molar-refractivity contribution is 5.43. The van der Waals surface area contributed by atoms with Crippen molar-refractivity contribution in [1.82, 2.24) is 10.3 Å². The van der Waals surface area contributed by atoms with Gasteiger partial charge in [-0.2, -0.15) is 0 Å². The quantitative estimate of drug-likeness (QED) is 0.621. The maximum absolute atomic E-state index is 5.74. The number of benzene rings is 1. The van der Waals surface area contributed by atoms with E-state index in [0.29, 0.717) is 19.1 Å². The molecule has 0 aliphatic carbocycles. The van der Waals surface area contributed by atoms with Gasteiger partial charge < -0.3 is 24.3 Å². The summed E-state index contributed by atoms with van der Waals surface area (Å²) in [6, 6.07) is 9.85. The summed E-state index contributed by atoms with van der Waals surface area (Å²) >= 11 is 0. The van der Waals surface area contributed by atoms with Crippen LogP contribution in [-0.2, 0) is 17.8 Å². The molecule has 26 heavy (non-hydrogen) atoms. The van der Waals surface area contributed by atoms with E-state index < -0.39 is 0 Å². The molecule has 2 aromatic rings. The Bertz CT molecular complexity index is 659. The predicted molar refractivity (Wildman–Crippen MR) is 101 cm³/mol. The SMILES string of the molecule is COCCOc1ccc(CNCc2ccc(OC(C)C)c(OC)c2)cn1. The van der Waals surface area contributed by atoms with Crippen LogP contribution in [0.4, 0.5) is 0 Å². The zero-order valence-corrected chi connectivity index (χ0v) is 16.0. The Morgan fingerprint density at radius 2 is 1.73 bits per heavy atom. The van der Waals surface area contributed by atoms with Crippen molar-refractivity contribution in [3.8, 4) is 17.4 Å². The van der Waals surface area contributed by atoms with E-state index in [1.165, 1.54) is 0 Å². The Balaban J connectivity index is 1.83. The highest BCUT2D eigenvalue weighted by Crippen LogP contribution is 2.28. The first kappa shape index (κ1) is 20.0. The number of rotatable bonds is 11. The number of aromatic nitrogens is 1. The maximum Gasteiger partial charge on any atom is 0.213 e. The van der Waals surface area contributed by atoms with Crippen LogP contribution in [0, 0.1) is 0 Å². The molecule has 1 aromatic heterocycles. The van der Waals surface area contributed by atoms with Crippen LogP contribution in [0.15, 0.2) is 36.5 Å². The van der Waals surface area contributed by atoms with Crippen LogP contribution in [0.2, 0.25) is 0 Å². The van der Waals surface area contributed by atoms with Crippen LogP contribution in [0.25, 0.3) is 0 Å². The summed E-state index contributed by atoms with van der Waals surface area (Å²) in [5, 5.41) is 3.40.